The Labute approximate surface area is 202 Å². The molecule has 10 nitrogen and oxygen atoms in total. The molecule has 0 bridgehead atoms. The molecule has 2 aromatic carbocycles. The fourth-order valence-electron chi connectivity index (χ4n) is 3.61. The summed E-state index contributed by atoms with van der Waals surface area (Å²) < 4.78 is 11.7. The van der Waals surface area contributed by atoms with E-state index in [4.69, 9.17) is 9.47 Å². The Morgan fingerprint density at radius 3 is 2.37 bits per heavy atom. The monoisotopic (exact) mass is 482 g/mol. The normalized spacial score (nSPS) is 11.8. The second-order valence-corrected chi connectivity index (χ2v) is 8.40. The summed E-state index contributed by atoms with van der Waals surface area (Å²) in [6.07, 6.45) is 1.87. The number of hydrogen-bond acceptors (Lipinski definition) is 7. The number of nitrogens with zero attached hydrogens (tertiary/aromatic N) is 2. The van der Waals surface area contributed by atoms with E-state index in [1.807, 2.05) is 13.8 Å². The number of benzene rings is 2. The van der Waals surface area contributed by atoms with Crippen molar-refractivity contribution in [1.29, 1.82) is 0 Å². The van der Waals surface area contributed by atoms with Crippen molar-refractivity contribution in [3.8, 4) is 17.2 Å². The molecule has 0 aliphatic rings. The number of phenols is 1. The molecule has 0 radical (unpaired) electrons. The van der Waals surface area contributed by atoms with Gasteiger partial charge in [0.25, 0.3) is 5.56 Å². The number of aromatic hydroxyl groups is 1. The van der Waals surface area contributed by atoms with Gasteiger partial charge >= 0.3 is 0 Å². The third-order valence-corrected chi connectivity index (χ3v) is 5.56. The Balaban J connectivity index is 1.66. The van der Waals surface area contributed by atoms with Gasteiger partial charge in [-0.05, 0) is 36.1 Å². The van der Waals surface area contributed by atoms with Crippen molar-refractivity contribution in [2.24, 2.45) is 5.92 Å². The summed E-state index contributed by atoms with van der Waals surface area (Å²) in [5, 5.41) is 15.2. The summed E-state index contributed by atoms with van der Waals surface area (Å²) in [5.41, 5.74) is 0.966. The van der Waals surface area contributed by atoms with E-state index in [9.17, 15) is 19.5 Å². The highest BCUT2D eigenvalue weighted by molar-refractivity contribution is 5.88. The fourth-order valence-corrected chi connectivity index (χ4v) is 3.61. The van der Waals surface area contributed by atoms with E-state index >= 15 is 0 Å². The average Bonchev–Trinajstić information content (AvgIpc) is 2.84. The Hall–Kier alpha value is -4.08. The van der Waals surface area contributed by atoms with Gasteiger partial charge in [-0.3, -0.25) is 19.0 Å². The van der Waals surface area contributed by atoms with Gasteiger partial charge in [0.15, 0.2) is 11.5 Å². The van der Waals surface area contributed by atoms with Crippen molar-refractivity contribution >= 4 is 22.7 Å². The van der Waals surface area contributed by atoms with Crippen LogP contribution in [-0.2, 0) is 22.6 Å². The SMILES string of the molecule is COc1cc2ncn(CC(=O)NC(C(=O)NCCc3ccc(O)cc3)C(C)C)c(=O)c2cc1OC. The maximum atomic E-state index is 12.9. The van der Waals surface area contributed by atoms with E-state index in [2.05, 4.69) is 15.6 Å². The lowest BCUT2D eigenvalue weighted by Crippen LogP contribution is -2.51. The van der Waals surface area contributed by atoms with E-state index in [1.54, 1.807) is 30.3 Å². The number of phenolic OH excluding ortho intramolecular Hbond substituents is 1. The summed E-state index contributed by atoms with van der Waals surface area (Å²) in [7, 11) is 2.96. The molecule has 0 spiro atoms. The predicted molar refractivity (Wildman–Crippen MR) is 131 cm³/mol. The Kier molecular flexibility index (Phi) is 8.30. The molecule has 35 heavy (non-hydrogen) atoms. The van der Waals surface area contributed by atoms with Crippen molar-refractivity contribution in [1.82, 2.24) is 20.2 Å². The van der Waals surface area contributed by atoms with Gasteiger partial charge < -0.3 is 25.2 Å². The van der Waals surface area contributed by atoms with E-state index in [-0.39, 0.29) is 29.5 Å². The van der Waals surface area contributed by atoms with Gasteiger partial charge in [-0.2, -0.15) is 0 Å². The highest BCUT2D eigenvalue weighted by Gasteiger charge is 2.24. The van der Waals surface area contributed by atoms with Crippen LogP contribution in [0.4, 0.5) is 0 Å². The number of fused-ring (bicyclic) bond motifs is 1. The summed E-state index contributed by atoms with van der Waals surface area (Å²) in [4.78, 5) is 42.6. The highest BCUT2D eigenvalue weighted by atomic mass is 16.5. The number of amides is 2. The first kappa shape index (κ1) is 25.5. The number of carbonyl (C=O) groups is 2. The van der Waals surface area contributed by atoms with Crippen LogP contribution in [0.2, 0.25) is 0 Å². The molecule has 3 N–H and O–H groups in total. The van der Waals surface area contributed by atoms with E-state index in [1.165, 1.54) is 31.2 Å². The molecular weight excluding hydrogens is 452 g/mol. The molecule has 2 amide bonds. The molecule has 0 aliphatic carbocycles. The van der Waals surface area contributed by atoms with E-state index in [0.29, 0.717) is 30.0 Å². The maximum Gasteiger partial charge on any atom is 0.261 e. The Bertz CT molecular complexity index is 1250. The quantitative estimate of drug-likeness (QED) is 0.400. The third-order valence-electron chi connectivity index (χ3n) is 5.56. The summed E-state index contributed by atoms with van der Waals surface area (Å²) in [5.74, 6) is 0.0355. The van der Waals surface area contributed by atoms with Crippen LogP contribution in [0.5, 0.6) is 17.2 Å². The minimum atomic E-state index is -0.768. The zero-order valence-electron chi connectivity index (χ0n) is 20.2. The van der Waals surface area contributed by atoms with Crippen LogP contribution in [0.15, 0.2) is 47.5 Å². The van der Waals surface area contributed by atoms with E-state index in [0.717, 1.165) is 5.56 Å². The number of methoxy groups -OCH3 is 2. The highest BCUT2D eigenvalue weighted by Crippen LogP contribution is 2.29. The molecule has 186 valence electrons. The summed E-state index contributed by atoms with van der Waals surface area (Å²) >= 11 is 0. The first-order chi connectivity index (χ1) is 16.7. The molecule has 0 saturated carbocycles. The molecule has 1 aromatic heterocycles. The minimum Gasteiger partial charge on any atom is -0.508 e. The zero-order valence-corrected chi connectivity index (χ0v) is 20.2. The molecule has 3 rings (SSSR count). The van der Waals surface area contributed by atoms with Gasteiger partial charge in [-0.1, -0.05) is 26.0 Å². The second-order valence-electron chi connectivity index (χ2n) is 8.40. The van der Waals surface area contributed by atoms with Crippen molar-refractivity contribution in [3.63, 3.8) is 0 Å². The number of aromatic nitrogens is 2. The zero-order chi connectivity index (χ0) is 25.5. The number of nitrogens with one attached hydrogen (secondary N) is 2. The topological polar surface area (TPSA) is 132 Å². The smallest absolute Gasteiger partial charge is 0.261 e. The third kappa shape index (κ3) is 6.28. The molecule has 1 heterocycles. The predicted octanol–water partition coefficient (Wildman–Crippen LogP) is 1.62. The molecule has 1 unspecified atom stereocenters. The van der Waals surface area contributed by atoms with Crippen LogP contribution in [0.3, 0.4) is 0 Å². The van der Waals surface area contributed by atoms with Crippen LogP contribution in [0.25, 0.3) is 10.9 Å². The van der Waals surface area contributed by atoms with Crippen LogP contribution >= 0.6 is 0 Å². The van der Waals surface area contributed by atoms with Crippen molar-refractivity contribution in [2.75, 3.05) is 20.8 Å². The van der Waals surface area contributed by atoms with Crippen LogP contribution < -0.4 is 25.7 Å². The minimum absolute atomic E-state index is 0.171. The summed E-state index contributed by atoms with van der Waals surface area (Å²) in [6, 6.07) is 9.09. The number of carbonyl (C=O) groups excluding carboxylic acids is 2. The van der Waals surface area contributed by atoms with Crippen molar-refractivity contribution in [3.05, 3.63) is 58.6 Å². The van der Waals surface area contributed by atoms with Crippen LogP contribution in [-0.4, -0.2) is 53.3 Å². The molecule has 0 fully saturated rings. The van der Waals surface area contributed by atoms with Gasteiger partial charge in [0.1, 0.15) is 18.3 Å². The van der Waals surface area contributed by atoms with Gasteiger partial charge in [0.2, 0.25) is 11.8 Å². The van der Waals surface area contributed by atoms with Gasteiger partial charge in [-0.15, -0.1) is 0 Å². The Morgan fingerprint density at radius 2 is 1.74 bits per heavy atom. The Morgan fingerprint density at radius 1 is 1.09 bits per heavy atom. The standard InChI is InChI=1S/C25H30N4O6/c1-15(2)23(24(32)26-10-9-16-5-7-17(30)8-6-16)28-22(31)13-29-14-27-19-12-21(35-4)20(34-3)11-18(19)25(29)33/h5-8,11-12,14-15,23,30H,9-10,13H2,1-4H3,(H,26,32)(H,28,31). The van der Waals surface area contributed by atoms with Gasteiger partial charge in [0, 0.05) is 12.6 Å². The first-order valence-corrected chi connectivity index (χ1v) is 11.2. The number of hydrogen-bond donors (Lipinski definition) is 3. The van der Waals surface area contributed by atoms with Crippen LogP contribution in [0.1, 0.15) is 19.4 Å². The van der Waals surface area contributed by atoms with Crippen molar-refractivity contribution < 1.29 is 24.2 Å². The van der Waals surface area contributed by atoms with Crippen molar-refractivity contribution in [2.45, 2.75) is 32.9 Å². The largest absolute Gasteiger partial charge is 0.508 e. The maximum absolute atomic E-state index is 12.9. The van der Waals surface area contributed by atoms with Gasteiger partial charge in [0.05, 0.1) is 31.4 Å². The second kappa shape index (κ2) is 11.4. The van der Waals surface area contributed by atoms with Crippen LogP contribution in [0, 0.1) is 5.92 Å². The molecular formula is C25H30N4O6. The van der Waals surface area contributed by atoms with E-state index < -0.39 is 17.5 Å². The lowest BCUT2D eigenvalue weighted by molar-refractivity contribution is -0.130. The van der Waals surface area contributed by atoms with Gasteiger partial charge in [-0.25, -0.2) is 4.98 Å². The number of rotatable bonds is 10. The molecule has 10 heteroatoms. The molecule has 3 aromatic rings. The lowest BCUT2D eigenvalue weighted by atomic mass is 10.0. The lowest BCUT2D eigenvalue weighted by Gasteiger charge is -2.22. The molecule has 1 atom stereocenters. The summed E-state index contributed by atoms with van der Waals surface area (Å²) in [6.45, 7) is 3.74. The molecule has 0 saturated heterocycles. The molecule has 0 aliphatic heterocycles. The fraction of sp³-hybridized carbons (Fsp3) is 0.360. The average molecular weight is 483 g/mol. The number of ether oxygens (including phenoxy) is 2. The first-order valence-electron chi connectivity index (χ1n) is 11.2.